The number of rotatable bonds is 4. The largest absolute Gasteiger partial charge is 0.446 e. The quantitative estimate of drug-likeness (QED) is 0.831. The Morgan fingerprint density at radius 2 is 1.97 bits per heavy atom. The number of ether oxygens (including phenoxy) is 1. The van der Waals surface area contributed by atoms with E-state index in [0.717, 1.165) is 25.9 Å². The summed E-state index contributed by atoms with van der Waals surface area (Å²) in [6, 6.07) is 7.42. The molecule has 1 aliphatic rings. The zero-order valence-corrected chi connectivity index (χ0v) is 17.6. The van der Waals surface area contributed by atoms with E-state index in [9.17, 15) is 19.2 Å². The Labute approximate surface area is 175 Å². The van der Waals surface area contributed by atoms with Gasteiger partial charge in [-0.3, -0.25) is 4.79 Å². The first-order valence-corrected chi connectivity index (χ1v) is 10.1. The first kappa shape index (κ1) is 21.8. The molecule has 30 heavy (non-hydrogen) atoms. The van der Waals surface area contributed by atoms with E-state index in [4.69, 9.17) is 4.74 Å². The summed E-state index contributed by atoms with van der Waals surface area (Å²) in [7, 11) is 0. The fraction of sp³-hybridized carbons (Fsp3) is 0.500. The molecule has 2 aromatic rings. The van der Waals surface area contributed by atoms with Crippen molar-refractivity contribution in [3.8, 4) is 6.07 Å². The summed E-state index contributed by atoms with van der Waals surface area (Å²) in [6.07, 6.45) is 0.902. The number of likely N-dealkylation sites (tertiary alicyclic amines) is 1. The van der Waals surface area contributed by atoms with Crippen LogP contribution < -0.4 is 10.9 Å². The second-order valence-electron chi connectivity index (χ2n) is 8.64. The van der Waals surface area contributed by atoms with Gasteiger partial charge in [0.05, 0.1) is 11.1 Å². The average Bonchev–Trinajstić information content (AvgIpc) is 2.66. The van der Waals surface area contributed by atoms with Crippen molar-refractivity contribution in [2.24, 2.45) is 0 Å². The summed E-state index contributed by atoms with van der Waals surface area (Å²) < 4.78 is 20.8. The van der Waals surface area contributed by atoms with E-state index in [1.807, 2.05) is 26.8 Å². The fourth-order valence-electron chi connectivity index (χ4n) is 3.66. The number of aromatic nitrogens is 1. The number of amides is 1. The van der Waals surface area contributed by atoms with E-state index in [0.29, 0.717) is 24.0 Å². The maximum absolute atomic E-state index is 13.8. The van der Waals surface area contributed by atoms with Crippen molar-refractivity contribution in [2.45, 2.75) is 51.8 Å². The van der Waals surface area contributed by atoms with Gasteiger partial charge in [0.1, 0.15) is 18.0 Å². The number of alkyl carbamates (subject to hydrolysis) is 1. The number of carbonyl (C=O) groups excluding carboxylic acids is 1. The van der Waals surface area contributed by atoms with E-state index in [1.165, 1.54) is 28.8 Å². The van der Waals surface area contributed by atoms with E-state index in [-0.39, 0.29) is 22.8 Å². The number of carbonyl (C=O) groups is 1. The predicted molar refractivity (Wildman–Crippen MR) is 112 cm³/mol. The molecule has 0 radical (unpaired) electrons. The molecule has 3 rings (SSSR count). The van der Waals surface area contributed by atoms with Crippen LogP contribution in [0.3, 0.4) is 0 Å². The van der Waals surface area contributed by atoms with Crippen LogP contribution in [0.15, 0.2) is 29.1 Å². The van der Waals surface area contributed by atoms with E-state index >= 15 is 0 Å². The number of nitrogens with one attached hydrogen (secondary N) is 1. The lowest BCUT2D eigenvalue weighted by molar-refractivity contribution is 0.0464. The van der Waals surface area contributed by atoms with Crippen LogP contribution in [0.25, 0.3) is 10.9 Å². The first-order valence-electron chi connectivity index (χ1n) is 10.1. The molecule has 0 spiro atoms. The number of hydrogen-bond acceptors (Lipinski definition) is 5. The predicted octanol–water partition coefficient (Wildman–Crippen LogP) is 3.00. The van der Waals surface area contributed by atoms with Crippen molar-refractivity contribution in [3.05, 3.63) is 46.0 Å². The van der Waals surface area contributed by atoms with Gasteiger partial charge in [0, 0.05) is 43.2 Å². The molecule has 8 heteroatoms. The molecule has 2 heterocycles. The zero-order chi connectivity index (χ0) is 21.9. The van der Waals surface area contributed by atoms with Crippen LogP contribution in [0.2, 0.25) is 0 Å². The number of fused-ring (bicyclic) bond motifs is 1. The average molecular weight is 414 g/mol. The van der Waals surface area contributed by atoms with Crippen LogP contribution in [0, 0.1) is 17.1 Å². The Kier molecular flexibility index (Phi) is 6.42. The highest BCUT2D eigenvalue weighted by atomic mass is 19.1. The highest BCUT2D eigenvalue weighted by molar-refractivity contribution is 5.85. The van der Waals surface area contributed by atoms with Crippen molar-refractivity contribution < 1.29 is 13.9 Å². The van der Waals surface area contributed by atoms with E-state index in [1.54, 1.807) is 0 Å². The topological polar surface area (TPSA) is 87.4 Å². The summed E-state index contributed by atoms with van der Waals surface area (Å²) in [5.74, 6) is -0.447. The maximum Gasteiger partial charge on any atom is 0.407 e. The number of hydrogen-bond donors (Lipinski definition) is 1. The summed E-state index contributed by atoms with van der Waals surface area (Å²) >= 11 is 0. The van der Waals surface area contributed by atoms with Crippen LogP contribution in [0.4, 0.5) is 9.18 Å². The zero-order valence-electron chi connectivity index (χ0n) is 17.6. The van der Waals surface area contributed by atoms with Gasteiger partial charge in [-0.1, -0.05) is 0 Å². The molecule has 0 bridgehead atoms. The molecule has 0 unspecified atom stereocenters. The summed E-state index contributed by atoms with van der Waals surface area (Å²) in [6.45, 7) is 8.18. The third-order valence-electron chi connectivity index (χ3n) is 5.12. The minimum atomic E-state index is -0.447. The Morgan fingerprint density at radius 1 is 1.27 bits per heavy atom. The third-order valence-corrected chi connectivity index (χ3v) is 5.12. The number of pyridine rings is 1. The molecule has 1 aromatic carbocycles. The van der Waals surface area contributed by atoms with Crippen LogP contribution in [-0.2, 0) is 11.3 Å². The second kappa shape index (κ2) is 8.84. The minimum absolute atomic E-state index is 0.129. The van der Waals surface area contributed by atoms with Gasteiger partial charge in [-0.15, -0.1) is 0 Å². The van der Waals surface area contributed by atoms with Gasteiger partial charge < -0.3 is 19.5 Å². The van der Waals surface area contributed by atoms with Crippen molar-refractivity contribution in [1.29, 1.82) is 5.26 Å². The van der Waals surface area contributed by atoms with Gasteiger partial charge in [-0.05, 0) is 51.8 Å². The lowest BCUT2D eigenvalue weighted by atomic mass is 10.1. The van der Waals surface area contributed by atoms with E-state index in [2.05, 4.69) is 10.2 Å². The van der Waals surface area contributed by atoms with Crippen LogP contribution >= 0.6 is 0 Å². The highest BCUT2D eigenvalue weighted by Crippen LogP contribution is 2.19. The lowest BCUT2D eigenvalue weighted by Crippen LogP contribution is -2.45. The number of benzene rings is 1. The van der Waals surface area contributed by atoms with Crippen LogP contribution in [-0.4, -0.2) is 46.8 Å². The van der Waals surface area contributed by atoms with Gasteiger partial charge in [0.25, 0.3) is 5.56 Å². The number of piperidine rings is 1. The number of nitriles is 1. The molecule has 1 fully saturated rings. The van der Waals surface area contributed by atoms with Gasteiger partial charge in [0.15, 0.2) is 0 Å². The fourth-order valence-corrected chi connectivity index (χ4v) is 3.66. The van der Waals surface area contributed by atoms with Crippen LogP contribution in [0.5, 0.6) is 0 Å². The Morgan fingerprint density at radius 3 is 2.60 bits per heavy atom. The Bertz CT molecular complexity index is 1030. The molecule has 1 saturated heterocycles. The maximum atomic E-state index is 13.8. The summed E-state index contributed by atoms with van der Waals surface area (Å²) in [4.78, 5) is 26.6. The number of nitrogens with zero attached hydrogens (tertiary/aromatic N) is 3. The second-order valence-corrected chi connectivity index (χ2v) is 8.64. The normalized spacial score (nSPS) is 15.7. The summed E-state index contributed by atoms with van der Waals surface area (Å²) in [5, 5.41) is 12.6. The molecule has 160 valence electrons. The van der Waals surface area contributed by atoms with Gasteiger partial charge in [-0.25, -0.2) is 9.18 Å². The first-order chi connectivity index (χ1) is 14.2. The monoisotopic (exact) mass is 414 g/mol. The van der Waals surface area contributed by atoms with E-state index < -0.39 is 11.9 Å². The molecular formula is C22H27FN4O3. The number of halogens is 1. The molecule has 1 aromatic heterocycles. The molecule has 1 N–H and O–H groups in total. The molecule has 0 atom stereocenters. The van der Waals surface area contributed by atoms with Crippen molar-refractivity contribution >= 4 is 17.0 Å². The third kappa shape index (κ3) is 5.36. The molecular weight excluding hydrogens is 387 g/mol. The summed E-state index contributed by atoms with van der Waals surface area (Å²) in [5.41, 5.74) is 0.0181. The van der Waals surface area contributed by atoms with Gasteiger partial charge in [-0.2, -0.15) is 5.26 Å². The Hall–Kier alpha value is -2.92. The van der Waals surface area contributed by atoms with Gasteiger partial charge in [0.2, 0.25) is 0 Å². The molecule has 7 nitrogen and oxygen atoms in total. The minimum Gasteiger partial charge on any atom is -0.446 e. The van der Waals surface area contributed by atoms with Crippen molar-refractivity contribution in [3.63, 3.8) is 0 Å². The SMILES string of the molecule is CC(C)(C)NC(=O)OC1CCN(CCn2c(=O)cc(C#N)c3ccc(F)cc32)CC1. The van der Waals surface area contributed by atoms with Crippen molar-refractivity contribution in [2.75, 3.05) is 19.6 Å². The lowest BCUT2D eigenvalue weighted by Gasteiger charge is -2.32. The smallest absolute Gasteiger partial charge is 0.407 e. The van der Waals surface area contributed by atoms with Crippen molar-refractivity contribution in [1.82, 2.24) is 14.8 Å². The molecule has 0 aliphatic carbocycles. The molecule has 1 aliphatic heterocycles. The molecule has 0 saturated carbocycles. The van der Waals surface area contributed by atoms with Crippen LogP contribution in [0.1, 0.15) is 39.2 Å². The molecule has 1 amide bonds. The highest BCUT2D eigenvalue weighted by Gasteiger charge is 2.24. The van der Waals surface area contributed by atoms with Gasteiger partial charge >= 0.3 is 6.09 Å². The Balaban J connectivity index is 1.61. The standard InChI is InChI=1S/C22H27FN4O3/c1-22(2,3)25-21(29)30-17-6-8-26(9-7-17)10-11-27-19-13-16(23)4-5-18(19)15(14-24)12-20(27)28/h4-5,12-13,17H,6-11H2,1-3H3,(H,25,29).